The molecule has 0 N–H and O–H groups in total. The minimum Gasteiger partial charge on any atom is -0.107 e. The van der Waals surface area contributed by atoms with Crippen LogP contribution in [-0.2, 0) is 0 Å². The summed E-state index contributed by atoms with van der Waals surface area (Å²) in [6, 6.07) is 0. The van der Waals surface area contributed by atoms with E-state index >= 15 is 0 Å². The van der Waals surface area contributed by atoms with Gasteiger partial charge in [-0.25, -0.2) is 0 Å². The summed E-state index contributed by atoms with van der Waals surface area (Å²) >= 11 is 3.05. The minimum atomic E-state index is 0. The van der Waals surface area contributed by atoms with Crippen molar-refractivity contribution in [2.45, 2.75) is 0 Å². The molecule has 0 aliphatic heterocycles. The zero-order chi connectivity index (χ0) is 5.98. The van der Waals surface area contributed by atoms with E-state index in [-0.39, 0.29) is 24.0 Å². The van der Waals surface area contributed by atoms with Gasteiger partial charge in [0.05, 0.1) is 0 Å². The molecule has 9 heavy (non-hydrogen) atoms. The van der Waals surface area contributed by atoms with Gasteiger partial charge in [-0.15, -0.1) is 24.0 Å². The molecule has 1 aromatic heterocycles. The van der Waals surface area contributed by atoms with E-state index in [1.807, 2.05) is 18.6 Å². The smallest absolute Gasteiger partial charge is 0.107 e. The van der Waals surface area contributed by atoms with Crippen LogP contribution in [0.25, 0.3) is 0 Å². The molecule has 0 saturated carbocycles. The molecule has 1 aromatic rings. The average Bonchev–Trinajstić information content (AvgIpc) is 2.14. The summed E-state index contributed by atoms with van der Waals surface area (Å²) in [6.07, 6.45) is 5.82. The number of nitrogens with zero attached hydrogens (tertiary/aromatic N) is 2. The van der Waals surface area contributed by atoms with Crippen molar-refractivity contribution in [3.05, 3.63) is 12.4 Å². The van der Waals surface area contributed by atoms with Crippen LogP contribution in [-0.4, -0.2) is 37.7 Å². The molecule has 1 rings (SSSR count). The molecule has 0 unspecified atom stereocenters. The van der Waals surface area contributed by atoms with E-state index < -0.39 is 0 Å². The Labute approximate surface area is 89.0 Å². The molecule has 0 aliphatic carbocycles. The number of hydrogen-bond donors (Lipinski definition) is 0. The number of rotatable bonds is 1. The number of aromatic nitrogens is 2. The van der Waals surface area contributed by atoms with Crippen LogP contribution in [0.1, 0.15) is 0 Å². The standard InChI is InChI=1S/C4H5N2S.HI.Sn/c1-7-6-3-2-5-4-6;;/h2-3H,1H3;1H;. The normalized spacial score (nSPS) is 8.67. The molecule has 0 bridgehead atoms. The molecule has 0 atom stereocenters. The number of hydrogen-bond acceptors (Lipinski definition) is 2. The SMILES string of the molecule is CSn1ccn[c]1[Sn].I. The van der Waals surface area contributed by atoms with Crippen molar-refractivity contribution in [1.29, 1.82) is 0 Å². The summed E-state index contributed by atoms with van der Waals surface area (Å²) < 4.78 is 3.20. The zero-order valence-electron chi connectivity index (χ0n) is 4.87. The van der Waals surface area contributed by atoms with Gasteiger partial charge in [0.15, 0.2) is 0 Å². The fourth-order valence-electron chi connectivity index (χ4n) is 0.439. The van der Waals surface area contributed by atoms with Gasteiger partial charge in [-0.05, 0) is 0 Å². The van der Waals surface area contributed by atoms with Crippen LogP contribution in [0.2, 0.25) is 0 Å². The van der Waals surface area contributed by atoms with E-state index in [0.29, 0.717) is 0 Å². The summed E-state index contributed by atoms with van der Waals surface area (Å²) in [7, 11) is 0. The molecular formula is C4H6IN2SSn. The summed E-state index contributed by atoms with van der Waals surface area (Å²) in [4.78, 5) is 4.07. The van der Waals surface area contributed by atoms with Gasteiger partial charge in [0.1, 0.15) is 0 Å². The molecule has 0 amide bonds. The Bertz CT molecular complexity index is 179. The summed E-state index contributed by atoms with van der Waals surface area (Å²) in [5.74, 6) is 0. The van der Waals surface area contributed by atoms with Crippen molar-refractivity contribution in [1.82, 2.24) is 8.96 Å². The molecule has 0 saturated heterocycles. The Morgan fingerprint density at radius 2 is 2.44 bits per heavy atom. The third-order valence-corrected chi connectivity index (χ3v) is 3.01. The number of imidazole rings is 1. The topological polar surface area (TPSA) is 17.8 Å². The molecule has 0 aromatic carbocycles. The summed E-state index contributed by atoms with van der Waals surface area (Å²) in [5, 5.41) is 0. The summed E-state index contributed by atoms with van der Waals surface area (Å²) in [6.45, 7) is 0. The van der Waals surface area contributed by atoms with Crippen LogP contribution in [0, 0.1) is 0 Å². The van der Waals surface area contributed by atoms with Crippen molar-refractivity contribution in [3.63, 3.8) is 0 Å². The van der Waals surface area contributed by atoms with Gasteiger partial charge >= 0.3 is 65.9 Å². The largest absolute Gasteiger partial charge is 0.107 e. The predicted octanol–water partition coefficient (Wildman–Crippen LogP) is 0.421. The van der Waals surface area contributed by atoms with E-state index in [0.717, 1.165) is 3.84 Å². The molecule has 5 heteroatoms. The fourth-order valence-corrected chi connectivity index (χ4v) is 2.04. The summed E-state index contributed by atoms with van der Waals surface area (Å²) in [5.41, 5.74) is 0. The van der Waals surface area contributed by atoms with Crippen molar-refractivity contribution in [2.24, 2.45) is 0 Å². The maximum absolute atomic E-state index is 4.07. The maximum Gasteiger partial charge on any atom is -0.107 e. The Morgan fingerprint density at radius 1 is 1.78 bits per heavy atom. The zero-order valence-corrected chi connectivity index (χ0v) is 10.9. The Morgan fingerprint density at radius 3 is 2.67 bits per heavy atom. The first-order valence-electron chi connectivity index (χ1n) is 2.14. The monoisotopic (exact) mass is 361 g/mol. The van der Waals surface area contributed by atoms with Crippen molar-refractivity contribution >= 4 is 62.3 Å². The average molecular weight is 360 g/mol. The van der Waals surface area contributed by atoms with Crippen LogP contribution < -0.4 is 3.84 Å². The first kappa shape index (κ1) is 10.1. The molecule has 3 radical (unpaired) electrons. The van der Waals surface area contributed by atoms with Gasteiger partial charge in [-0.3, -0.25) is 0 Å². The maximum atomic E-state index is 4.07. The molecule has 0 aliphatic rings. The van der Waals surface area contributed by atoms with Gasteiger partial charge in [-0.1, -0.05) is 0 Å². The molecule has 0 fully saturated rings. The first-order valence-corrected chi connectivity index (χ1v) is 4.75. The van der Waals surface area contributed by atoms with E-state index in [9.17, 15) is 0 Å². The van der Waals surface area contributed by atoms with E-state index in [2.05, 4.69) is 8.96 Å². The van der Waals surface area contributed by atoms with E-state index in [4.69, 9.17) is 0 Å². The van der Waals surface area contributed by atoms with Crippen LogP contribution in [0.5, 0.6) is 0 Å². The fraction of sp³-hybridized carbons (Fsp3) is 0.250. The van der Waals surface area contributed by atoms with Crippen LogP contribution >= 0.6 is 35.9 Å². The van der Waals surface area contributed by atoms with Gasteiger partial charge in [-0.2, -0.15) is 0 Å². The quantitative estimate of drug-likeness (QED) is 0.534. The van der Waals surface area contributed by atoms with E-state index in [1.165, 1.54) is 22.5 Å². The molecule has 0 spiro atoms. The van der Waals surface area contributed by atoms with Crippen molar-refractivity contribution < 1.29 is 0 Å². The second-order valence-electron chi connectivity index (χ2n) is 1.26. The van der Waals surface area contributed by atoms with Crippen molar-refractivity contribution in [3.8, 4) is 0 Å². The molecule has 2 nitrogen and oxygen atoms in total. The van der Waals surface area contributed by atoms with Gasteiger partial charge in [0, 0.05) is 0 Å². The minimum absolute atomic E-state index is 0. The second-order valence-corrected chi connectivity index (χ2v) is 3.29. The van der Waals surface area contributed by atoms with E-state index in [1.54, 1.807) is 11.9 Å². The van der Waals surface area contributed by atoms with Gasteiger partial charge < -0.3 is 0 Å². The van der Waals surface area contributed by atoms with Crippen LogP contribution in [0.4, 0.5) is 0 Å². The molecule has 1 heterocycles. The van der Waals surface area contributed by atoms with Gasteiger partial charge in [0.25, 0.3) is 0 Å². The predicted molar refractivity (Wildman–Crippen MR) is 51.9 cm³/mol. The Balaban J connectivity index is 0.000000640. The second kappa shape index (κ2) is 4.84. The van der Waals surface area contributed by atoms with Crippen LogP contribution in [0.15, 0.2) is 12.4 Å². The first-order chi connectivity index (χ1) is 3.84. The molecular weight excluding hydrogens is 354 g/mol. The van der Waals surface area contributed by atoms with Crippen LogP contribution in [0.3, 0.4) is 0 Å². The van der Waals surface area contributed by atoms with Gasteiger partial charge in [0.2, 0.25) is 0 Å². The Hall–Kier alpha value is 1.09. The third kappa shape index (κ3) is 2.67. The number of halogens is 1. The third-order valence-electron chi connectivity index (χ3n) is 0.804. The Kier molecular flexibility index (Phi) is 5.42. The molecule has 49 valence electrons. The van der Waals surface area contributed by atoms with Crippen molar-refractivity contribution in [2.75, 3.05) is 6.26 Å².